The maximum absolute atomic E-state index is 13.3. The van der Waals surface area contributed by atoms with Crippen molar-refractivity contribution in [1.82, 2.24) is 19.8 Å². The van der Waals surface area contributed by atoms with Crippen LogP contribution in [0.1, 0.15) is 41.6 Å². The van der Waals surface area contributed by atoms with Crippen LogP contribution in [-0.2, 0) is 21.4 Å². The van der Waals surface area contributed by atoms with Crippen LogP contribution in [0.15, 0.2) is 71.6 Å². The average molecular weight is 618 g/mol. The Hall–Kier alpha value is -2.66. The number of hydrogen-bond donors (Lipinski definition) is 2. The van der Waals surface area contributed by atoms with Crippen LogP contribution in [0.2, 0.25) is 10.0 Å². The number of hydrogen-bond acceptors (Lipinski definition) is 6. The molecule has 0 radical (unpaired) electrons. The molecule has 2 atom stereocenters. The first-order valence-corrected chi connectivity index (χ1v) is 15.9. The van der Waals surface area contributed by atoms with E-state index in [0.29, 0.717) is 18.6 Å². The maximum atomic E-state index is 13.3. The van der Waals surface area contributed by atoms with Gasteiger partial charge in [0.1, 0.15) is 5.75 Å². The van der Waals surface area contributed by atoms with E-state index in [4.69, 9.17) is 27.9 Å². The molecule has 2 aliphatic heterocycles. The Morgan fingerprint density at radius 1 is 1.00 bits per heavy atom. The molecule has 2 aliphatic rings. The van der Waals surface area contributed by atoms with Gasteiger partial charge in [-0.3, -0.25) is 9.69 Å². The van der Waals surface area contributed by atoms with Gasteiger partial charge in [0.15, 0.2) is 0 Å². The number of likely N-dealkylation sites (N-methyl/N-ethyl adjacent to an activating group) is 1. The number of nitrogens with zero attached hydrogens (tertiary/aromatic N) is 2. The number of rotatable bonds is 9. The van der Waals surface area contributed by atoms with Gasteiger partial charge in [-0.1, -0.05) is 65.7 Å². The lowest BCUT2D eigenvalue weighted by molar-refractivity contribution is -0.122. The zero-order valence-corrected chi connectivity index (χ0v) is 25.2. The molecule has 3 aromatic rings. The third kappa shape index (κ3) is 7.60. The summed E-state index contributed by atoms with van der Waals surface area (Å²) in [5.41, 5.74) is 2.78. The Kier molecular flexibility index (Phi) is 9.53. The van der Waals surface area contributed by atoms with Gasteiger partial charge in [0.2, 0.25) is 15.9 Å². The first-order chi connectivity index (χ1) is 19.7. The van der Waals surface area contributed by atoms with Gasteiger partial charge in [-0.2, -0.15) is 0 Å². The fourth-order valence-electron chi connectivity index (χ4n) is 5.20. The van der Waals surface area contributed by atoms with E-state index in [0.717, 1.165) is 44.0 Å². The predicted octanol–water partition coefficient (Wildman–Crippen LogP) is 4.79. The van der Waals surface area contributed by atoms with Crippen molar-refractivity contribution in [2.75, 3.05) is 39.8 Å². The normalized spacial score (nSPS) is 18.8. The molecule has 0 aliphatic carbocycles. The van der Waals surface area contributed by atoms with Gasteiger partial charge in [-0.15, -0.1) is 0 Å². The van der Waals surface area contributed by atoms with E-state index in [1.54, 1.807) is 12.1 Å². The van der Waals surface area contributed by atoms with Crippen molar-refractivity contribution < 1.29 is 17.9 Å². The quantitative estimate of drug-likeness (QED) is 0.359. The van der Waals surface area contributed by atoms with E-state index < -0.39 is 16.1 Å². The second-order valence-corrected chi connectivity index (χ2v) is 13.1. The SMILES string of the molecule is CN1CCN(Cc2ccc3c(c2)OCCC3NC(=O)CC(NS(=O)(=O)c2ccc(Cl)c(Cl)c2)c2ccccc2)CC1. The van der Waals surface area contributed by atoms with E-state index in [1.165, 1.54) is 23.8 Å². The number of sulfonamides is 1. The topological polar surface area (TPSA) is 91.0 Å². The number of nitrogens with one attached hydrogen (secondary N) is 2. The Balaban J connectivity index is 1.28. The Morgan fingerprint density at radius 3 is 2.49 bits per heavy atom. The van der Waals surface area contributed by atoms with E-state index >= 15 is 0 Å². The van der Waals surface area contributed by atoms with Gasteiger partial charge >= 0.3 is 0 Å². The highest BCUT2D eigenvalue weighted by molar-refractivity contribution is 7.89. The zero-order chi connectivity index (χ0) is 29.0. The van der Waals surface area contributed by atoms with Crippen LogP contribution >= 0.6 is 23.2 Å². The van der Waals surface area contributed by atoms with Crippen LogP contribution in [0, 0.1) is 0 Å². The molecular formula is C30H34Cl2N4O4S. The van der Waals surface area contributed by atoms with Gasteiger partial charge in [0, 0.05) is 51.1 Å². The highest BCUT2D eigenvalue weighted by atomic mass is 35.5. The van der Waals surface area contributed by atoms with Gasteiger partial charge in [-0.25, -0.2) is 13.1 Å². The molecule has 0 saturated carbocycles. The molecule has 0 spiro atoms. The van der Waals surface area contributed by atoms with Gasteiger partial charge < -0.3 is 15.0 Å². The van der Waals surface area contributed by atoms with Crippen LogP contribution in [0.5, 0.6) is 5.75 Å². The lowest BCUT2D eigenvalue weighted by Gasteiger charge is -2.33. The minimum absolute atomic E-state index is 0.0287. The van der Waals surface area contributed by atoms with Crippen molar-refractivity contribution in [3.8, 4) is 5.75 Å². The van der Waals surface area contributed by atoms with E-state index in [9.17, 15) is 13.2 Å². The zero-order valence-electron chi connectivity index (χ0n) is 22.9. The summed E-state index contributed by atoms with van der Waals surface area (Å²) in [6, 6.07) is 18.3. The number of benzene rings is 3. The number of halogens is 2. The van der Waals surface area contributed by atoms with Gasteiger partial charge in [0.25, 0.3) is 0 Å². The molecule has 2 N–H and O–H groups in total. The summed E-state index contributed by atoms with van der Waals surface area (Å²) in [7, 11) is -1.85. The van der Waals surface area contributed by atoms with Crippen LogP contribution in [0.4, 0.5) is 0 Å². The summed E-state index contributed by atoms with van der Waals surface area (Å²) in [4.78, 5) is 18.1. The van der Waals surface area contributed by atoms with Crippen LogP contribution in [0.25, 0.3) is 0 Å². The maximum Gasteiger partial charge on any atom is 0.241 e. The highest BCUT2D eigenvalue weighted by Gasteiger charge is 2.28. The van der Waals surface area contributed by atoms with Crippen molar-refractivity contribution in [2.24, 2.45) is 0 Å². The van der Waals surface area contributed by atoms with E-state index in [-0.39, 0.29) is 33.3 Å². The largest absolute Gasteiger partial charge is 0.493 e. The Labute approximate surface area is 251 Å². The van der Waals surface area contributed by atoms with Crippen molar-refractivity contribution in [1.29, 1.82) is 0 Å². The summed E-state index contributed by atoms with van der Waals surface area (Å²) >= 11 is 12.0. The monoisotopic (exact) mass is 616 g/mol. The summed E-state index contributed by atoms with van der Waals surface area (Å²) in [6.45, 7) is 5.53. The number of piperazine rings is 1. The molecule has 0 bridgehead atoms. The highest BCUT2D eigenvalue weighted by Crippen LogP contribution is 2.34. The third-order valence-corrected chi connectivity index (χ3v) is 9.75. The molecule has 218 valence electrons. The molecule has 2 unspecified atom stereocenters. The Bertz CT molecular complexity index is 1480. The van der Waals surface area contributed by atoms with Crippen molar-refractivity contribution in [2.45, 2.75) is 36.4 Å². The van der Waals surface area contributed by atoms with Crippen LogP contribution < -0.4 is 14.8 Å². The van der Waals surface area contributed by atoms with E-state index in [2.05, 4.69) is 39.0 Å². The molecule has 3 aromatic carbocycles. The molecule has 11 heteroatoms. The summed E-state index contributed by atoms with van der Waals surface area (Å²) in [5, 5.41) is 3.50. The minimum atomic E-state index is -3.99. The first kappa shape index (κ1) is 29.8. The van der Waals surface area contributed by atoms with Crippen molar-refractivity contribution in [3.63, 3.8) is 0 Å². The third-order valence-electron chi connectivity index (χ3n) is 7.55. The standard InChI is InChI=1S/C30H34Cl2N4O4S/c1-35-12-14-36(15-13-35)20-21-7-9-24-27(11-16-40-29(24)17-21)33-30(37)19-28(22-5-3-2-4-6-22)34-41(38,39)23-8-10-25(31)26(32)18-23/h2-10,17-18,27-28,34H,11-16,19-20H2,1H3,(H,33,37). The molecule has 41 heavy (non-hydrogen) atoms. The minimum Gasteiger partial charge on any atom is -0.493 e. The predicted molar refractivity (Wildman–Crippen MR) is 161 cm³/mol. The number of fused-ring (bicyclic) bond motifs is 1. The molecule has 1 fully saturated rings. The van der Waals surface area contributed by atoms with Crippen LogP contribution in [0.3, 0.4) is 0 Å². The van der Waals surface area contributed by atoms with E-state index in [1.807, 2.05) is 24.3 Å². The summed E-state index contributed by atoms with van der Waals surface area (Å²) in [5.74, 6) is 0.517. The lowest BCUT2D eigenvalue weighted by atomic mass is 9.97. The summed E-state index contributed by atoms with van der Waals surface area (Å²) in [6.07, 6.45) is 0.542. The number of carbonyl (C=O) groups is 1. The molecule has 5 rings (SSSR count). The van der Waals surface area contributed by atoms with Crippen LogP contribution in [-0.4, -0.2) is 64.0 Å². The molecule has 0 aromatic heterocycles. The number of amides is 1. The second kappa shape index (κ2) is 13.1. The molecule has 8 nitrogen and oxygen atoms in total. The summed E-state index contributed by atoms with van der Waals surface area (Å²) < 4.78 is 35.1. The van der Waals surface area contributed by atoms with Crippen molar-refractivity contribution in [3.05, 3.63) is 93.5 Å². The number of ether oxygens (including phenoxy) is 1. The fraction of sp³-hybridized carbons (Fsp3) is 0.367. The molecule has 1 saturated heterocycles. The molecule has 2 heterocycles. The van der Waals surface area contributed by atoms with Gasteiger partial charge in [-0.05, 0) is 42.4 Å². The smallest absolute Gasteiger partial charge is 0.241 e. The molecule has 1 amide bonds. The van der Waals surface area contributed by atoms with Crippen molar-refractivity contribution >= 4 is 39.1 Å². The Morgan fingerprint density at radius 2 is 1.76 bits per heavy atom. The van der Waals surface area contributed by atoms with Gasteiger partial charge in [0.05, 0.1) is 33.6 Å². The average Bonchev–Trinajstić information content (AvgIpc) is 2.96. The number of carbonyl (C=O) groups excluding carboxylic acids is 1. The molecular weight excluding hydrogens is 583 g/mol. The lowest BCUT2D eigenvalue weighted by Crippen LogP contribution is -2.43. The fourth-order valence-corrected chi connectivity index (χ4v) is 6.81. The first-order valence-electron chi connectivity index (χ1n) is 13.7. The second-order valence-electron chi connectivity index (χ2n) is 10.6.